The van der Waals surface area contributed by atoms with Gasteiger partial charge in [0.1, 0.15) is 0 Å². The van der Waals surface area contributed by atoms with E-state index in [1.165, 1.54) is 19.3 Å². The lowest BCUT2D eigenvalue weighted by Gasteiger charge is -2.26. The van der Waals surface area contributed by atoms with Crippen molar-refractivity contribution in [1.82, 2.24) is 0 Å². The zero-order valence-corrected chi connectivity index (χ0v) is 12.7. The first-order valence-corrected chi connectivity index (χ1v) is 7.44. The highest BCUT2D eigenvalue weighted by molar-refractivity contribution is 6.34. The standard InChI is InChI=1S/C16H22ClNO/c1-11(2)8-9-18(13-4-5-13)14-6-7-15(12(3)19)16(17)10-14/h6-7,10-11,13H,4-5,8-9H2,1-3H3. The molecule has 0 amide bonds. The molecular formula is C16H22ClNO. The summed E-state index contributed by atoms with van der Waals surface area (Å²) in [5, 5.41) is 0.570. The van der Waals surface area contributed by atoms with Gasteiger partial charge in [-0.2, -0.15) is 0 Å². The monoisotopic (exact) mass is 279 g/mol. The van der Waals surface area contributed by atoms with Crippen LogP contribution < -0.4 is 4.90 Å². The molecule has 1 aliphatic rings. The van der Waals surface area contributed by atoms with E-state index in [0.29, 0.717) is 22.5 Å². The highest BCUT2D eigenvalue weighted by atomic mass is 35.5. The molecule has 19 heavy (non-hydrogen) atoms. The molecule has 2 nitrogen and oxygen atoms in total. The first-order chi connectivity index (χ1) is 8.99. The molecule has 0 bridgehead atoms. The minimum absolute atomic E-state index is 0.0247. The van der Waals surface area contributed by atoms with Crippen LogP contribution in [0.3, 0.4) is 0 Å². The zero-order chi connectivity index (χ0) is 14.0. The summed E-state index contributed by atoms with van der Waals surface area (Å²) in [6.07, 6.45) is 3.72. The van der Waals surface area contributed by atoms with Gasteiger partial charge in [-0.15, -0.1) is 0 Å². The van der Waals surface area contributed by atoms with Crippen molar-refractivity contribution in [3.63, 3.8) is 0 Å². The van der Waals surface area contributed by atoms with E-state index >= 15 is 0 Å². The predicted octanol–water partition coefficient (Wildman–Crippen LogP) is 4.56. The van der Waals surface area contributed by atoms with Crippen molar-refractivity contribution >= 4 is 23.1 Å². The molecule has 1 aliphatic carbocycles. The van der Waals surface area contributed by atoms with Crippen LogP contribution >= 0.6 is 11.6 Å². The van der Waals surface area contributed by atoms with Crippen molar-refractivity contribution < 1.29 is 4.79 Å². The van der Waals surface area contributed by atoms with Gasteiger partial charge in [-0.05, 0) is 50.3 Å². The first-order valence-electron chi connectivity index (χ1n) is 7.06. The molecule has 0 spiro atoms. The van der Waals surface area contributed by atoms with Crippen molar-refractivity contribution in [2.75, 3.05) is 11.4 Å². The number of hydrogen-bond donors (Lipinski definition) is 0. The molecule has 0 aromatic heterocycles. The van der Waals surface area contributed by atoms with Crippen LogP contribution in [0.5, 0.6) is 0 Å². The highest BCUT2D eigenvalue weighted by Gasteiger charge is 2.29. The van der Waals surface area contributed by atoms with Crippen LogP contribution in [0.15, 0.2) is 18.2 Å². The van der Waals surface area contributed by atoms with Crippen molar-refractivity contribution in [3.05, 3.63) is 28.8 Å². The summed E-state index contributed by atoms with van der Waals surface area (Å²) in [4.78, 5) is 13.9. The van der Waals surface area contributed by atoms with E-state index < -0.39 is 0 Å². The summed E-state index contributed by atoms with van der Waals surface area (Å²) >= 11 is 6.21. The van der Waals surface area contributed by atoms with Crippen LogP contribution in [0.1, 0.15) is 50.4 Å². The third kappa shape index (κ3) is 3.73. The Hall–Kier alpha value is -1.02. The Morgan fingerprint density at radius 1 is 1.42 bits per heavy atom. The molecule has 0 saturated heterocycles. The van der Waals surface area contributed by atoms with E-state index in [4.69, 9.17) is 11.6 Å². The number of nitrogens with zero attached hydrogens (tertiary/aromatic N) is 1. The molecule has 0 heterocycles. The minimum atomic E-state index is 0.0247. The van der Waals surface area contributed by atoms with Crippen LogP contribution in [0.2, 0.25) is 5.02 Å². The van der Waals surface area contributed by atoms with Crippen LogP contribution in [0.4, 0.5) is 5.69 Å². The Kier molecular flexibility index (Phi) is 4.51. The quantitative estimate of drug-likeness (QED) is 0.712. The van der Waals surface area contributed by atoms with Crippen LogP contribution in [-0.4, -0.2) is 18.4 Å². The number of benzene rings is 1. The normalized spacial score (nSPS) is 14.8. The second kappa shape index (κ2) is 5.96. The number of ketones is 1. The molecule has 104 valence electrons. The van der Waals surface area contributed by atoms with Gasteiger partial charge in [0.15, 0.2) is 5.78 Å². The zero-order valence-electron chi connectivity index (χ0n) is 11.9. The van der Waals surface area contributed by atoms with E-state index in [9.17, 15) is 4.79 Å². The average molecular weight is 280 g/mol. The molecule has 2 rings (SSSR count). The van der Waals surface area contributed by atoms with Crippen molar-refractivity contribution in [2.24, 2.45) is 5.92 Å². The smallest absolute Gasteiger partial charge is 0.161 e. The van der Waals surface area contributed by atoms with E-state index in [-0.39, 0.29) is 5.78 Å². The van der Waals surface area contributed by atoms with Gasteiger partial charge in [-0.25, -0.2) is 0 Å². The number of carbonyl (C=O) groups is 1. The maximum absolute atomic E-state index is 11.4. The molecule has 1 aromatic carbocycles. The van der Waals surface area contributed by atoms with Gasteiger partial charge < -0.3 is 4.90 Å². The van der Waals surface area contributed by atoms with Gasteiger partial charge in [-0.1, -0.05) is 25.4 Å². The summed E-state index contributed by atoms with van der Waals surface area (Å²) in [6.45, 7) is 7.12. The summed E-state index contributed by atoms with van der Waals surface area (Å²) in [5.74, 6) is 0.727. The second-order valence-electron chi connectivity index (χ2n) is 5.83. The molecule has 1 saturated carbocycles. The van der Waals surface area contributed by atoms with Gasteiger partial charge in [-0.3, -0.25) is 4.79 Å². The fourth-order valence-electron chi connectivity index (χ4n) is 2.27. The summed E-state index contributed by atoms with van der Waals surface area (Å²) in [6, 6.07) is 6.49. The number of halogens is 1. The maximum Gasteiger partial charge on any atom is 0.161 e. The average Bonchev–Trinajstić information content (AvgIpc) is 3.13. The number of carbonyl (C=O) groups excluding carboxylic acids is 1. The molecule has 0 unspecified atom stereocenters. The van der Waals surface area contributed by atoms with Crippen molar-refractivity contribution in [3.8, 4) is 0 Å². The fourth-order valence-corrected chi connectivity index (χ4v) is 2.58. The Labute approximate surface area is 120 Å². The molecule has 0 atom stereocenters. The van der Waals surface area contributed by atoms with Crippen LogP contribution in [-0.2, 0) is 0 Å². The van der Waals surface area contributed by atoms with Crippen LogP contribution in [0.25, 0.3) is 0 Å². The predicted molar refractivity (Wildman–Crippen MR) is 81.3 cm³/mol. The highest BCUT2D eigenvalue weighted by Crippen LogP contribution is 2.34. The summed E-state index contributed by atoms with van der Waals surface area (Å²) in [7, 11) is 0. The Morgan fingerprint density at radius 3 is 2.58 bits per heavy atom. The minimum Gasteiger partial charge on any atom is -0.368 e. The number of Topliss-reactive ketones (excluding diaryl/α,β-unsaturated/α-hetero) is 1. The summed E-state index contributed by atoms with van der Waals surface area (Å²) in [5.41, 5.74) is 1.77. The van der Waals surface area contributed by atoms with Crippen molar-refractivity contribution in [2.45, 2.75) is 46.1 Å². The van der Waals surface area contributed by atoms with E-state index in [1.807, 2.05) is 18.2 Å². The molecule has 1 fully saturated rings. The summed E-state index contributed by atoms with van der Waals surface area (Å²) < 4.78 is 0. The van der Waals surface area contributed by atoms with E-state index in [0.717, 1.165) is 12.2 Å². The maximum atomic E-state index is 11.4. The Bertz CT molecular complexity index is 466. The lowest BCUT2D eigenvalue weighted by molar-refractivity contribution is 0.101. The molecular weight excluding hydrogens is 258 g/mol. The lowest BCUT2D eigenvalue weighted by atomic mass is 10.1. The molecule has 0 radical (unpaired) electrons. The van der Waals surface area contributed by atoms with Crippen molar-refractivity contribution in [1.29, 1.82) is 0 Å². The molecule has 1 aromatic rings. The fraction of sp³-hybridized carbons (Fsp3) is 0.562. The third-order valence-corrected chi connectivity index (χ3v) is 3.91. The van der Waals surface area contributed by atoms with Crippen LogP contribution in [0, 0.1) is 5.92 Å². The van der Waals surface area contributed by atoms with Gasteiger partial charge >= 0.3 is 0 Å². The number of anilines is 1. The van der Waals surface area contributed by atoms with E-state index in [1.54, 1.807) is 6.92 Å². The largest absolute Gasteiger partial charge is 0.368 e. The second-order valence-corrected chi connectivity index (χ2v) is 6.23. The van der Waals surface area contributed by atoms with Gasteiger partial charge in [0, 0.05) is 23.8 Å². The molecule has 0 N–H and O–H groups in total. The SMILES string of the molecule is CC(=O)c1ccc(N(CCC(C)C)C2CC2)cc1Cl. The van der Waals surface area contributed by atoms with Gasteiger partial charge in [0.25, 0.3) is 0 Å². The third-order valence-electron chi connectivity index (χ3n) is 3.60. The number of hydrogen-bond acceptors (Lipinski definition) is 2. The Morgan fingerprint density at radius 2 is 2.11 bits per heavy atom. The Balaban J connectivity index is 2.17. The van der Waals surface area contributed by atoms with Gasteiger partial charge in [0.05, 0.1) is 5.02 Å². The van der Waals surface area contributed by atoms with E-state index in [2.05, 4.69) is 18.7 Å². The topological polar surface area (TPSA) is 20.3 Å². The van der Waals surface area contributed by atoms with Gasteiger partial charge in [0.2, 0.25) is 0 Å². The number of rotatable bonds is 6. The molecule has 3 heteroatoms. The first kappa shape index (κ1) is 14.4. The molecule has 0 aliphatic heterocycles. The lowest BCUT2D eigenvalue weighted by Crippen LogP contribution is -2.27.